The van der Waals surface area contributed by atoms with Gasteiger partial charge < -0.3 is 5.32 Å². The van der Waals surface area contributed by atoms with Crippen molar-refractivity contribution < 1.29 is 4.79 Å². The van der Waals surface area contributed by atoms with Crippen LogP contribution in [0.25, 0.3) is 0 Å². The Kier molecular flexibility index (Phi) is 8.19. The molecule has 0 spiro atoms. The quantitative estimate of drug-likeness (QED) is 0.440. The molecular formula is C10H20NO. The Morgan fingerprint density at radius 3 is 2.42 bits per heavy atom. The molecule has 0 aliphatic carbocycles. The van der Waals surface area contributed by atoms with Crippen molar-refractivity contribution in [2.75, 3.05) is 0 Å². The summed E-state index contributed by atoms with van der Waals surface area (Å²) in [6.45, 7) is 4.33. The highest BCUT2D eigenvalue weighted by Crippen LogP contribution is 2.07. The van der Waals surface area contributed by atoms with E-state index in [1.807, 2.05) is 0 Å². The second-order valence-electron chi connectivity index (χ2n) is 3.23. The van der Waals surface area contributed by atoms with Gasteiger partial charge in [-0.3, -0.25) is 4.79 Å². The Morgan fingerprint density at radius 2 is 1.92 bits per heavy atom. The smallest absolute Gasteiger partial charge is 0.309 e. The van der Waals surface area contributed by atoms with Crippen LogP contribution in [0.5, 0.6) is 0 Å². The summed E-state index contributed by atoms with van der Waals surface area (Å²) in [5.41, 5.74) is 0. The van der Waals surface area contributed by atoms with Crippen LogP contribution in [0.3, 0.4) is 0 Å². The molecule has 0 bridgehead atoms. The van der Waals surface area contributed by atoms with Crippen molar-refractivity contribution in [2.45, 2.75) is 58.4 Å². The summed E-state index contributed by atoms with van der Waals surface area (Å²) in [7, 11) is 0. The van der Waals surface area contributed by atoms with Gasteiger partial charge in [0.05, 0.1) is 0 Å². The second-order valence-corrected chi connectivity index (χ2v) is 3.23. The van der Waals surface area contributed by atoms with Crippen LogP contribution in [0, 0.1) is 0 Å². The fraction of sp³-hybridized carbons (Fsp3) is 0.900. The standard InChI is InChI=1S/C10H20NO/c1-3-5-6-8-10(7-4-2)11-9-12/h10H,3-8H2,1-2H3,(H,11,12). The molecule has 0 aromatic heterocycles. The van der Waals surface area contributed by atoms with Crippen LogP contribution in [0.1, 0.15) is 52.4 Å². The number of hydrogen-bond acceptors (Lipinski definition) is 1. The lowest BCUT2D eigenvalue weighted by molar-refractivity contribution is 0.462. The topological polar surface area (TPSA) is 29.1 Å². The number of hydrogen-bond donors (Lipinski definition) is 1. The highest BCUT2D eigenvalue weighted by molar-refractivity contribution is 5.47. The highest BCUT2D eigenvalue weighted by Gasteiger charge is 2.04. The summed E-state index contributed by atoms with van der Waals surface area (Å²) in [6.07, 6.45) is 8.82. The van der Waals surface area contributed by atoms with Gasteiger partial charge in [0, 0.05) is 6.04 Å². The number of amides is 1. The minimum absolute atomic E-state index is 0.360. The van der Waals surface area contributed by atoms with Gasteiger partial charge in [0.15, 0.2) is 0 Å². The van der Waals surface area contributed by atoms with E-state index in [1.165, 1.54) is 19.3 Å². The second kappa shape index (κ2) is 8.57. The van der Waals surface area contributed by atoms with Crippen LogP contribution in [0.2, 0.25) is 0 Å². The van der Waals surface area contributed by atoms with Crippen LogP contribution >= 0.6 is 0 Å². The summed E-state index contributed by atoms with van der Waals surface area (Å²) < 4.78 is 0. The molecule has 2 heteroatoms. The predicted octanol–water partition coefficient (Wildman–Crippen LogP) is 2.39. The first-order valence-electron chi connectivity index (χ1n) is 4.97. The molecule has 1 radical (unpaired) electrons. The molecule has 1 unspecified atom stereocenters. The Hall–Kier alpha value is -0.530. The van der Waals surface area contributed by atoms with Gasteiger partial charge in [-0.05, 0) is 12.8 Å². The molecular weight excluding hydrogens is 150 g/mol. The Labute approximate surface area is 75.7 Å². The van der Waals surface area contributed by atoms with Crippen molar-refractivity contribution in [1.29, 1.82) is 0 Å². The zero-order chi connectivity index (χ0) is 9.23. The third-order valence-corrected chi connectivity index (χ3v) is 2.06. The van der Waals surface area contributed by atoms with Gasteiger partial charge in [0.2, 0.25) is 0 Å². The maximum Gasteiger partial charge on any atom is 0.309 e. The van der Waals surface area contributed by atoms with Crippen LogP contribution < -0.4 is 5.32 Å². The number of unbranched alkanes of at least 4 members (excludes halogenated alkanes) is 2. The van der Waals surface area contributed by atoms with Gasteiger partial charge in [-0.2, -0.15) is 0 Å². The first-order valence-corrected chi connectivity index (χ1v) is 4.97. The van der Waals surface area contributed by atoms with Crippen LogP contribution in [0.4, 0.5) is 0 Å². The van der Waals surface area contributed by atoms with E-state index in [9.17, 15) is 4.79 Å². The lowest BCUT2D eigenvalue weighted by Gasteiger charge is -2.13. The number of rotatable bonds is 8. The summed E-state index contributed by atoms with van der Waals surface area (Å²) in [5, 5.41) is 2.74. The molecule has 0 saturated carbocycles. The summed E-state index contributed by atoms with van der Waals surface area (Å²) in [5.74, 6) is 0. The fourth-order valence-electron chi connectivity index (χ4n) is 1.36. The first-order chi connectivity index (χ1) is 5.85. The zero-order valence-corrected chi connectivity index (χ0v) is 8.23. The number of carbonyl (C=O) groups excluding carboxylic acids is 1. The lowest BCUT2D eigenvalue weighted by atomic mass is 10.0. The molecule has 0 aliphatic heterocycles. The summed E-state index contributed by atoms with van der Waals surface area (Å²) in [6, 6.07) is 0.360. The summed E-state index contributed by atoms with van der Waals surface area (Å²) >= 11 is 0. The van der Waals surface area contributed by atoms with Gasteiger partial charge in [0.1, 0.15) is 0 Å². The molecule has 0 saturated heterocycles. The Balaban J connectivity index is 3.40. The van der Waals surface area contributed by atoms with E-state index in [2.05, 4.69) is 19.2 Å². The fourth-order valence-corrected chi connectivity index (χ4v) is 1.36. The van der Waals surface area contributed by atoms with Gasteiger partial charge in [-0.15, -0.1) is 0 Å². The van der Waals surface area contributed by atoms with E-state index in [0.29, 0.717) is 6.04 Å². The predicted molar refractivity (Wildman–Crippen MR) is 51.7 cm³/mol. The average Bonchev–Trinajstić information content (AvgIpc) is 2.06. The maximum absolute atomic E-state index is 10.1. The van der Waals surface area contributed by atoms with Crippen LogP contribution in [-0.2, 0) is 4.79 Å². The van der Waals surface area contributed by atoms with E-state index in [4.69, 9.17) is 0 Å². The molecule has 12 heavy (non-hydrogen) atoms. The monoisotopic (exact) mass is 170 g/mol. The van der Waals surface area contributed by atoms with Gasteiger partial charge in [0.25, 0.3) is 0 Å². The molecule has 1 N–H and O–H groups in total. The normalized spacial score (nSPS) is 12.5. The van der Waals surface area contributed by atoms with Crippen molar-refractivity contribution >= 4 is 6.41 Å². The van der Waals surface area contributed by atoms with Crippen LogP contribution in [0.15, 0.2) is 0 Å². The van der Waals surface area contributed by atoms with E-state index >= 15 is 0 Å². The lowest BCUT2D eigenvalue weighted by Crippen LogP contribution is -2.27. The highest BCUT2D eigenvalue weighted by atomic mass is 16.1. The van der Waals surface area contributed by atoms with E-state index < -0.39 is 0 Å². The molecule has 1 amide bonds. The largest absolute Gasteiger partial charge is 0.345 e. The third-order valence-electron chi connectivity index (χ3n) is 2.06. The molecule has 2 nitrogen and oxygen atoms in total. The van der Waals surface area contributed by atoms with Crippen molar-refractivity contribution in [3.63, 3.8) is 0 Å². The maximum atomic E-state index is 10.1. The summed E-state index contributed by atoms with van der Waals surface area (Å²) in [4.78, 5) is 10.1. The molecule has 0 fully saturated rings. The minimum Gasteiger partial charge on any atom is -0.345 e. The molecule has 71 valence electrons. The Bertz CT molecular complexity index is 104. The molecule has 0 aliphatic rings. The zero-order valence-electron chi connectivity index (χ0n) is 8.23. The molecule has 0 rings (SSSR count). The molecule has 0 heterocycles. The van der Waals surface area contributed by atoms with Gasteiger partial charge >= 0.3 is 6.41 Å². The van der Waals surface area contributed by atoms with Crippen LogP contribution in [-0.4, -0.2) is 12.5 Å². The molecule has 0 aromatic carbocycles. The molecule has 1 atom stereocenters. The Morgan fingerprint density at radius 1 is 1.17 bits per heavy atom. The van der Waals surface area contributed by atoms with E-state index in [1.54, 1.807) is 6.41 Å². The van der Waals surface area contributed by atoms with Crippen molar-refractivity contribution in [1.82, 2.24) is 5.32 Å². The van der Waals surface area contributed by atoms with Gasteiger partial charge in [-0.1, -0.05) is 39.5 Å². The first kappa shape index (κ1) is 11.5. The molecule has 0 aromatic rings. The van der Waals surface area contributed by atoms with Crippen molar-refractivity contribution in [3.05, 3.63) is 0 Å². The SMILES string of the molecule is CCCCCC(CCC)N[C]=O. The third kappa shape index (κ3) is 6.20. The average molecular weight is 170 g/mol. The van der Waals surface area contributed by atoms with E-state index in [-0.39, 0.29) is 0 Å². The van der Waals surface area contributed by atoms with Gasteiger partial charge in [-0.25, -0.2) is 0 Å². The van der Waals surface area contributed by atoms with Crippen molar-refractivity contribution in [3.8, 4) is 0 Å². The van der Waals surface area contributed by atoms with E-state index in [0.717, 1.165) is 19.3 Å². The minimum atomic E-state index is 0.360. The van der Waals surface area contributed by atoms with Crippen molar-refractivity contribution in [2.24, 2.45) is 0 Å². The number of nitrogens with one attached hydrogen (secondary N) is 1.